The molecule has 1 spiro atoms. The van der Waals surface area contributed by atoms with Crippen molar-refractivity contribution in [1.82, 2.24) is 9.13 Å². The van der Waals surface area contributed by atoms with Gasteiger partial charge < -0.3 is 29.0 Å². The molecule has 1 aliphatic carbocycles. The minimum atomic E-state index is -2.00. The van der Waals surface area contributed by atoms with Crippen molar-refractivity contribution in [2.24, 2.45) is 20.0 Å². The van der Waals surface area contributed by atoms with Gasteiger partial charge in [-0.1, -0.05) is 24.6 Å². The van der Waals surface area contributed by atoms with Gasteiger partial charge in [0.1, 0.15) is 27.9 Å². The molecule has 3 atom stereocenters. The van der Waals surface area contributed by atoms with Crippen LogP contribution in [-0.4, -0.2) is 47.3 Å². The molecule has 0 saturated carbocycles. The summed E-state index contributed by atoms with van der Waals surface area (Å²) in [6.07, 6.45) is 0.182. The fourth-order valence-corrected chi connectivity index (χ4v) is 6.88. The van der Waals surface area contributed by atoms with Crippen molar-refractivity contribution in [3.8, 4) is 28.7 Å². The molecule has 0 radical (unpaired) electrons. The van der Waals surface area contributed by atoms with Crippen LogP contribution in [0.15, 0.2) is 45.1 Å². The number of nitrogens with one attached hydrogen (secondary N) is 1. The van der Waals surface area contributed by atoms with E-state index in [1.165, 1.54) is 31.9 Å². The van der Waals surface area contributed by atoms with Crippen LogP contribution in [0.5, 0.6) is 28.7 Å². The van der Waals surface area contributed by atoms with Crippen LogP contribution in [0.1, 0.15) is 40.7 Å². The summed E-state index contributed by atoms with van der Waals surface area (Å²) in [6, 6.07) is 6.60. The number of methoxy groups -OCH3 is 2. The molecule has 4 aliphatic rings. The summed E-state index contributed by atoms with van der Waals surface area (Å²) >= 11 is 6.60. The Morgan fingerprint density at radius 3 is 2.42 bits per heavy atom. The second-order valence-electron chi connectivity index (χ2n) is 10.9. The average Bonchev–Trinajstić information content (AvgIpc) is 3.60. The van der Waals surface area contributed by atoms with Crippen LogP contribution in [0, 0.1) is 5.92 Å². The van der Waals surface area contributed by atoms with Crippen LogP contribution in [0.2, 0.25) is 5.02 Å². The zero-order valence-electron chi connectivity index (χ0n) is 23.8. The molecule has 13 heteroatoms. The first-order valence-corrected chi connectivity index (χ1v) is 13.9. The summed E-state index contributed by atoms with van der Waals surface area (Å²) in [5.41, 5.74) is -1.72. The lowest BCUT2D eigenvalue weighted by Gasteiger charge is -2.42. The highest BCUT2D eigenvalue weighted by molar-refractivity contribution is 6.36. The van der Waals surface area contributed by atoms with Crippen LogP contribution in [0.3, 0.4) is 0 Å². The highest BCUT2D eigenvalue weighted by Gasteiger charge is 2.63. The van der Waals surface area contributed by atoms with Crippen LogP contribution in [-0.2, 0) is 18.9 Å². The normalized spacial score (nSPS) is 23.0. The molecule has 7 rings (SSSR count). The molecule has 222 valence electrons. The van der Waals surface area contributed by atoms with E-state index in [2.05, 4.69) is 5.32 Å². The van der Waals surface area contributed by atoms with E-state index in [1.807, 2.05) is 0 Å². The van der Waals surface area contributed by atoms with Crippen LogP contribution in [0.4, 0.5) is 5.82 Å². The van der Waals surface area contributed by atoms with E-state index in [-0.39, 0.29) is 58.0 Å². The molecule has 0 fully saturated rings. The van der Waals surface area contributed by atoms with Gasteiger partial charge in [-0.05, 0) is 24.1 Å². The lowest BCUT2D eigenvalue weighted by molar-refractivity contribution is -0.130. The molecule has 12 nitrogen and oxygen atoms in total. The standard InChI is InChI=1S/C30H26ClN3O9/c1-12-8-14-20(25(35)30(12)26(36)21-17(39-4)10-18(40-5)23(31)24(21)43-30)19(13-6-7-15-16(9-13)42-11-41-15)22-27(32-14)33(2)29(38)34(3)28(22)37/h6-7,9-10,12,19,32H,8,11H2,1-5H3/t12-,19+,30+/m1/s1. The van der Waals surface area contributed by atoms with Gasteiger partial charge in [0, 0.05) is 43.3 Å². The quantitative estimate of drug-likeness (QED) is 0.443. The highest BCUT2D eigenvalue weighted by atomic mass is 35.5. The third kappa shape index (κ3) is 3.38. The molecule has 2 aromatic carbocycles. The number of carbonyl (C=O) groups is 2. The molecule has 3 aliphatic heterocycles. The Kier molecular flexibility index (Phi) is 5.77. The van der Waals surface area contributed by atoms with Gasteiger partial charge in [-0.25, -0.2) is 4.79 Å². The smallest absolute Gasteiger partial charge is 0.332 e. The van der Waals surface area contributed by atoms with Gasteiger partial charge in [0.15, 0.2) is 17.2 Å². The summed E-state index contributed by atoms with van der Waals surface area (Å²) in [4.78, 5) is 56.0. The van der Waals surface area contributed by atoms with E-state index in [4.69, 9.17) is 35.3 Å². The van der Waals surface area contributed by atoms with Gasteiger partial charge in [-0.15, -0.1) is 0 Å². The number of ether oxygens (including phenoxy) is 5. The minimum Gasteiger partial charge on any atom is -0.496 e. The molecule has 3 aromatic rings. The number of benzene rings is 2. The molecule has 0 unspecified atom stereocenters. The fraction of sp³-hybridized carbons (Fsp3) is 0.333. The molecule has 0 saturated heterocycles. The number of anilines is 1. The number of hydrogen-bond acceptors (Lipinski definition) is 10. The first kappa shape index (κ1) is 27.1. The van der Waals surface area contributed by atoms with Crippen LogP contribution < -0.4 is 40.3 Å². The minimum absolute atomic E-state index is 0.00535. The molecular weight excluding hydrogens is 582 g/mol. The highest BCUT2D eigenvalue weighted by Crippen LogP contribution is 2.56. The third-order valence-electron chi connectivity index (χ3n) is 8.81. The number of allylic oxidation sites excluding steroid dienone is 1. The third-order valence-corrected chi connectivity index (χ3v) is 9.16. The Labute approximate surface area is 249 Å². The number of rotatable bonds is 3. The summed E-state index contributed by atoms with van der Waals surface area (Å²) in [6.45, 7) is 1.76. The van der Waals surface area contributed by atoms with E-state index < -0.39 is 40.3 Å². The second kappa shape index (κ2) is 9.14. The maximum absolute atomic E-state index is 14.9. The largest absolute Gasteiger partial charge is 0.496 e. The maximum atomic E-state index is 14.9. The summed E-state index contributed by atoms with van der Waals surface area (Å²) in [5, 5.41) is 3.23. The zero-order valence-corrected chi connectivity index (χ0v) is 24.6. The summed E-state index contributed by atoms with van der Waals surface area (Å²) in [7, 11) is 5.73. The molecular formula is C30H26ClN3O9. The Morgan fingerprint density at radius 1 is 0.977 bits per heavy atom. The Balaban J connectivity index is 1.48. The lowest BCUT2D eigenvalue weighted by atomic mass is 9.66. The van der Waals surface area contributed by atoms with E-state index >= 15 is 0 Å². The predicted molar refractivity (Wildman–Crippen MR) is 153 cm³/mol. The molecule has 4 heterocycles. The van der Waals surface area contributed by atoms with Crippen molar-refractivity contribution in [2.75, 3.05) is 26.3 Å². The van der Waals surface area contributed by atoms with Gasteiger partial charge in [-0.2, -0.15) is 0 Å². The molecule has 1 N–H and O–H groups in total. The first-order valence-electron chi connectivity index (χ1n) is 13.5. The number of halogens is 1. The van der Waals surface area contributed by atoms with E-state index in [1.54, 1.807) is 32.2 Å². The number of hydrogen-bond donors (Lipinski definition) is 1. The monoisotopic (exact) mass is 607 g/mol. The van der Waals surface area contributed by atoms with Gasteiger partial charge >= 0.3 is 5.69 Å². The van der Waals surface area contributed by atoms with Gasteiger partial charge in [0.05, 0.1) is 19.8 Å². The maximum Gasteiger partial charge on any atom is 0.332 e. The van der Waals surface area contributed by atoms with Crippen molar-refractivity contribution < 1.29 is 33.3 Å². The van der Waals surface area contributed by atoms with Gasteiger partial charge in [0.25, 0.3) is 5.56 Å². The van der Waals surface area contributed by atoms with Gasteiger partial charge in [0.2, 0.25) is 24.0 Å². The molecule has 0 bridgehead atoms. The fourth-order valence-electron chi connectivity index (χ4n) is 6.61. The Morgan fingerprint density at radius 2 is 1.70 bits per heavy atom. The SMILES string of the molecule is COc1cc(OC)c2c(c1Cl)O[C@@]1(C(=O)C3=C(C[C@H]1C)Nc1c(c(=O)n(C)c(=O)n1C)[C@H]3c1ccc3c(c1)OCO3)C2=O. The number of Topliss-reactive ketones (excluding diaryl/α,β-unsaturated/α-hetero) is 2. The molecule has 1 aromatic heterocycles. The van der Waals surface area contributed by atoms with Gasteiger partial charge in [-0.3, -0.25) is 23.5 Å². The van der Waals surface area contributed by atoms with Crippen molar-refractivity contribution in [2.45, 2.75) is 24.9 Å². The summed E-state index contributed by atoms with van der Waals surface area (Å²) < 4.78 is 30.6. The number of aromatic nitrogens is 2. The van der Waals surface area contributed by atoms with Crippen molar-refractivity contribution in [3.63, 3.8) is 0 Å². The first-order chi connectivity index (χ1) is 20.5. The topological polar surface area (TPSA) is 136 Å². The Hall–Kier alpha value is -4.71. The van der Waals surface area contributed by atoms with Crippen LogP contribution in [0.25, 0.3) is 0 Å². The van der Waals surface area contributed by atoms with Crippen molar-refractivity contribution in [3.05, 3.63) is 78.1 Å². The second-order valence-corrected chi connectivity index (χ2v) is 11.3. The molecule has 43 heavy (non-hydrogen) atoms. The zero-order chi connectivity index (χ0) is 30.5. The van der Waals surface area contributed by atoms with E-state index in [9.17, 15) is 19.2 Å². The summed E-state index contributed by atoms with van der Waals surface area (Å²) in [5.74, 6) is -1.30. The van der Waals surface area contributed by atoms with E-state index in [0.29, 0.717) is 22.8 Å². The van der Waals surface area contributed by atoms with Crippen LogP contribution >= 0.6 is 11.6 Å². The van der Waals surface area contributed by atoms with E-state index in [0.717, 1.165) is 4.57 Å². The molecule has 0 amide bonds. The Bertz CT molecular complexity index is 1960. The number of nitrogens with zero attached hydrogens (tertiary/aromatic N) is 2. The van der Waals surface area contributed by atoms with Crippen molar-refractivity contribution >= 4 is 29.0 Å². The number of carbonyl (C=O) groups excluding carboxylic acids is 2. The number of ketones is 2. The average molecular weight is 608 g/mol. The van der Waals surface area contributed by atoms with Crippen molar-refractivity contribution in [1.29, 1.82) is 0 Å². The lowest BCUT2D eigenvalue weighted by Crippen LogP contribution is -2.58. The number of fused-ring (bicyclic) bond motifs is 3. The predicted octanol–water partition coefficient (Wildman–Crippen LogP) is 2.92.